The lowest BCUT2D eigenvalue weighted by atomic mass is 10.1. The Morgan fingerprint density at radius 2 is 1.94 bits per heavy atom. The molecule has 0 spiro atoms. The Bertz CT molecular complexity index is 547. The molecule has 0 saturated carbocycles. The molecule has 0 saturated heterocycles. The maximum Gasteiger partial charge on any atom is 0.128 e. The molecule has 17 heavy (non-hydrogen) atoms. The number of nitrogens with zero attached hydrogens (tertiary/aromatic N) is 2. The highest BCUT2D eigenvalue weighted by Crippen LogP contribution is 2.31. The third kappa shape index (κ3) is 2.06. The van der Waals surface area contributed by atoms with Crippen molar-refractivity contribution in [2.75, 3.05) is 0 Å². The van der Waals surface area contributed by atoms with Crippen LogP contribution in [0.1, 0.15) is 44.5 Å². The first-order valence-corrected chi connectivity index (χ1v) is 6.38. The van der Waals surface area contributed by atoms with Crippen LogP contribution < -0.4 is 0 Å². The second kappa shape index (κ2) is 4.02. The maximum atomic E-state index is 6.25. The summed E-state index contributed by atoms with van der Waals surface area (Å²) in [6, 6.07) is 6.21. The van der Waals surface area contributed by atoms with Crippen LogP contribution in [-0.4, -0.2) is 9.55 Å². The molecule has 2 nitrogen and oxygen atoms in total. The normalized spacial score (nSPS) is 14.2. The molecule has 1 atom stereocenters. The van der Waals surface area contributed by atoms with E-state index in [1.807, 2.05) is 19.1 Å². The monoisotopic (exact) mass is 250 g/mol. The largest absolute Gasteiger partial charge is 0.321 e. The topological polar surface area (TPSA) is 17.8 Å². The fourth-order valence-electron chi connectivity index (χ4n) is 2.26. The molecular formula is C14H19ClN2. The van der Waals surface area contributed by atoms with Crippen LogP contribution in [0.25, 0.3) is 11.0 Å². The van der Waals surface area contributed by atoms with E-state index >= 15 is 0 Å². The van der Waals surface area contributed by atoms with Gasteiger partial charge in [0.1, 0.15) is 5.82 Å². The molecule has 1 unspecified atom stereocenters. The molecule has 1 heterocycles. The number of hydrogen-bond acceptors (Lipinski definition) is 1. The Balaban J connectivity index is 2.88. The van der Waals surface area contributed by atoms with Crippen molar-refractivity contribution < 1.29 is 0 Å². The summed E-state index contributed by atoms with van der Waals surface area (Å²) in [5.41, 5.74) is 3.46. The number of fused-ring (bicyclic) bond motifs is 1. The number of aromatic nitrogens is 2. The highest BCUT2D eigenvalue weighted by molar-refractivity contribution is 6.20. The molecule has 0 aliphatic carbocycles. The predicted molar refractivity (Wildman–Crippen MR) is 73.7 cm³/mol. The first kappa shape index (κ1) is 12.4. The Morgan fingerprint density at radius 1 is 1.29 bits per heavy atom. The third-order valence-electron chi connectivity index (χ3n) is 2.93. The minimum atomic E-state index is -0.0824. The molecular weight excluding hydrogens is 232 g/mol. The van der Waals surface area contributed by atoms with E-state index in [4.69, 9.17) is 11.6 Å². The minimum absolute atomic E-state index is 0.0145. The Labute approximate surface area is 108 Å². The van der Waals surface area contributed by atoms with Crippen LogP contribution in [0.3, 0.4) is 0 Å². The Morgan fingerprint density at radius 3 is 2.47 bits per heavy atom. The number of para-hydroxylation sites is 1. The lowest BCUT2D eigenvalue weighted by Gasteiger charge is -2.26. The van der Waals surface area contributed by atoms with E-state index in [1.165, 1.54) is 11.1 Å². The molecule has 2 aromatic rings. The van der Waals surface area contributed by atoms with Crippen LogP contribution in [0, 0.1) is 6.92 Å². The molecule has 0 bridgehead atoms. The number of imidazole rings is 1. The van der Waals surface area contributed by atoms with Gasteiger partial charge in [-0.3, -0.25) is 0 Å². The minimum Gasteiger partial charge on any atom is -0.321 e. The second-order valence-corrected chi connectivity index (χ2v) is 6.19. The molecule has 1 aromatic heterocycles. The molecule has 0 amide bonds. The van der Waals surface area contributed by atoms with Crippen molar-refractivity contribution in [2.45, 2.75) is 45.5 Å². The van der Waals surface area contributed by atoms with E-state index in [1.54, 1.807) is 0 Å². The summed E-state index contributed by atoms with van der Waals surface area (Å²) in [6.07, 6.45) is 0. The van der Waals surface area contributed by atoms with Crippen LogP contribution in [0.2, 0.25) is 0 Å². The summed E-state index contributed by atoms with van der Waals surface area (Å²) in [6.45, 7) is 10.6. The highest BCUT2D eigenvalue weighted by Gasteiger charge is 2.24. The molecule has 0 aliphatic heterocycles. The van der Waals surface area contributed by atoms with Crippen LogP contribution >= 0.6 is 11.6 Å². The van der Waals surface area contributed by atoms with E-state index in [9.17, 15) is 0 Å². The lowest BCUT2D eigenvalue weighted by Crippen LogP contribution is -2.24. The van der Waals surface area contributed by atoms with Gasteiger partial charge < -0.3 is 4.57 Å². The summed E-state index contributed by atoms with van der Waals surface area (Å²) < 4.78 is 2.26. The smallest absolute Gasteiger partial charge is 0.128 e. The van der Waals surface area contributed by atoms with Crippen molar-refractivity contribution in [3.05, 3.63) is 29.6 Å². The van der Waals surface area contributed by atoms with Gasteiger partial charge in [0, 0.05) is 5.54 Å². The Hall–Kier alpha value is -1.02. The Kier molecular flexibility index (Phi) is 2.94. The molecule has 0 radical (unpaired) electrons. The van der Waals surface area contributed by atoms with Crippen LogP contribution in [-0.2, 0) is 5.54 Å². The first-order valence-electron chi connectivity index (χ1n) is 5.95. The summed E-state index contributed by atoms with van der Waals surface area (Å²) in [5, 5.41) is -0.0824. The van der Waals surface area contributed by atoms with Crippen molar-refractivity contribution >= 4 is 22.6 Å². The van der Waals surface area contributed by atoms with Gasteiger partial charge in [0.15, 0.2) is 0 Å². The van der Waals surface area contributed by atoms with Gasteiger partial charge in [-0.2, -0.15) is 0 Å². The van der Waals surface area contributed by atoms with Crippen LogP contribution in [0.5, 0.6) is 0 Å². The third-order valence-corrected chi connectivity index (χ3v) is 3.13. The SMILES string of the molecule is Cc1cccc2nc(C(C)Cl)n(C(C)(C)C)c12. The van der Waals surface area contributed by atoms with Gasteiger partial charge in [0.25, 0.3) is 0 Å². The number of hydrogen-bond donors (Lipinski definition) is 0. The fourth-order valence-corrected chi connectivity index (χ4v) is 2.40. The van der Waals surface area contributed by atoms with Gasteiger partial charge in [0.05, 0.1) is 16.4 Å². The molecule has 0 N–H and O–H groups in total. The molecule has 3 heteroatoms. The molecule has 2 rings (SSSR count). The van der Waals surface area contributed by atoms with Crippen molar-refractivity contribution in [3.63, 3.8) is 0 Å². The molecule has 0 fully saturated rings. The van der Waals surface area contributed by atoms with Gasteiger partial charge in [0.2, 0.25) is 0 Å². The van der Waals surface area contributed by atoms with E-state index < -0.39 is 0 Å². The van der Waals surface area contributed by atoms with Gasteiger partial charge in [-0.05, 0) is 46.2 Å². The van der Waals surface area contributed by atoms with Gasteiger partial charge in [-0.1, -0.05) is 12.1 Å². The van der Waals surface area contributed by atoms with E-state index in [2.05, 4.69) is 43.3 Å². The van der Waals surface area contributed by atoms with E-state index in [0.717, 1.165) is 11.3 Å². The van der Waals surface area contributed by atoms with Crippen LogP contribution in [0.15, 0.2) is 18.2 Å². The molecule has 92 valence electrons. The first-order chi connectivity index (χ1) is 7.82. The second-order valence-electron chi connectivity index (χ2n) is 5.53. The van der Waals surface area contributed by atoms with Crippen molar-refractivity contribution in [2.24, 2.45) is 0 Å². The number of alkyl halides is 1. The highest BCUT2D eigenvalue weighted by atomic mass is 35.5. The van der Waals surface area contributed by atoms with Crippen molar-refractivity contribution in [3.8, 4) is 0 Å². The summed E-state index contributed by atoms with van der Waals surface area (Å²) in [7, 11) is 0. The number of rotatable bonds is 1. The number of benzene rings is 1. The average molecular weight is 251 g/mol. The number of aryl methyl sites for hydroxylation is 1. The zero-order valence-corrected chi connectivity index (χ0v) is 11.8. The summed E-state index contributed by atoms with van der Waals surface area (Å²) in [5.74, 6) is 0.948. The number of halogens is 1. The summed E-state index contributed by atoms with van der Waals surface area (Å²) in [4.78, 5) is 4.67. The predicted octanol–water partition coefficient (Wildman–Crippen LogP) is 4.40. The van der Waals surface area contributed by atoms with Gasteiger partial charge in [-0.25, -0.2) is 4.98 Å². The van der Waals surface area contributed by atoms with E-state index in [0.29, 0.717) is 0 Å². The summed E-state index contributed by atoms with van der Waals surface area (Å²) >= 11 is 6.25. The van der Waals surface area contributed by atoms with Crippen LogP contribution in [0.4, 0.5) is 0 Å². The van der Waals surface area contributed by atoms with E-state index in [-0.39, 0.29) is 10.9 Å². The fraction of sp³-hybridized carbons (Fsp3) is 0.500. The van der Waals surface area contributed by atoms with Gasteiger partial charge in [-0.15, -0.1) is 11.6 Å². The lowest BCUT2D eigenvalue weighted by molar-refractivity contribution is 0.393. The maximum absolute atomic E-state index is 6.25. The molecule has 0 aliphatic rings. The van der Waals surface area contributed by atoms with Gasteiger partial charge >= 0.3 is 0 Å². The zero-order valence-electron chi connectivity index (χ0n) is 11.1. The quantitative estimate of drug-likeness (QED) is 0.686. The molecule has 1 aromatic carbocycles. The average Bonchev–Trinajstić information content (AvgIpc) is 2.57. The van der Waals surface area contributed by atoms with Crippen molar-refractivity contribution in [1.82, 2.24) is 9.55 Å². The zero-order chi connectivity index (χ0) is 12.8. The standard InChI is InChI=1S/C14H19ClN2/c1-9-7-6-8-11-12(9)17(14(3,4)5)13(16-11)10(2)15/h6-8,10H,1-5H3. The van der Waals surface area contributed by atoms with Crippen molar-refractivity contribution in [1.29, 1.82) is 0 Å².